The Bertz CT molecular complexity index is 1100. The summed E-state index contributed by atoms with van der Waals surface area (Å²) >= 11 is 0. The van der Waals surface area contributed by atoms with E-state index in [1.807, 2.05) is 23.1 Å². The van der Waals surface area contributed by atoms with Gasteiger partial charge in [-0.2, -0.15) is 18.3 Å². The first kappa shape index (κ1) is 29.0. The summed E-state index contributed by atoms with van der Waals surface area (Å²) in [7, 11) is 0. The average Bonchev–Trinajstić information content (AvgIpc) is 3.39. The fourth-order valence-corrected chi connectivity index (χ4v) is 5.65. The molecule has 214 valence electrons. The molecule has 0 radical (unpaired) electrons. The third kappa shape index (κ3) is 7.54. The number of ether oxygens (including phenoxy) is 1. The van der Waals surface area contributed by atoms with Gasteiger partial charge in [-0.05, 0) is 50.7 Å². The van der Waals surface area contributed by atoms with Crippen molar-refractivity contribution >= 4 is 11.8 Å². The predicted molar refractivity (Wildman–Crippen MR) is 141 cm³/mol. The molecule has 2 aliphatic rings. The third-order valence-electron chi connectivity index (χ3n) is 7.65. The van der Waals surface area contributed by atoms with Crippen LogP contribution in [0.1, 0.15) is 87.1 Å². The largest absolute Gasteiger partial charge is 0.487 e. The zero-order chi connectivity index (χ0) is 27.8. The maximum atomic E-state index is 13.6. The summed E-state index contributed by atoms with van der Waals surface area (Å²) in [6.45, 7) is 3.70. The van der Waals surface area contributed by atoms with Gasteiger partial charge in [0.15, 0.2) is 0 Å². The highest BCUT2D eigenvalue weighted by Crippen LogP contribution is 2.31. The number of hydrogen-bond donors (Lipinski definition) is 0. The number of rotatable bonds is 4. The molecule has 0 saturated heterocycles. The third-order valence-corrected chi connectivity index (χ3v) is 7.65. The second-order valence-electron chi connectivity index (χ2n) is 10.6. The molecule has 39 heavy (non-hydrogen) atoms. The van der Waals surface area contributed by atoms with Crippen molar-refractivity contribution in [3.63, 3.8) is 0 Å². The highest BCUT2D eigenvalue weighted by atomic mass is 19.4. The van der Waals surface area contributed by atoms with Crippen LogP contribution in [-0.4, -0.2) is 63.2 Å². The normalized spacial score (nSPS) is 21.8. The number of carbonyl (C=O) groups is 2. The maximum absolute atomic E-state index is 13.6. The lowest BCUT2D eigenvalue weighted by atomic mass is 9.90. The van der Waals surface area contributed by atoms with E-state index in [-0.39, 0.29) is 30.5 Å². The van der Waals surface area contributed by atoms with Gasteiger partial charge in [0.25, 0.3) is 5.91 Å². The second-order valence-corrected chi connectivity index (χ2v) is 10.6. The molecule has 0 N–H and O–H groups in total. The summed E-state index contributed by atoms with van der Waals surface area (Å²) in [5.74, 6) is 0.210. The van der Waals surface area contributed by atoms with Gasteiger partial charge in [-0.3, -0.25) is 14.3 Å². The van der Waals surface area contributed by atoms with Gasteiger partial charge in [0.1, 0.15) is 18.4 Å². The lowest BCUT2D eigenvalue weighted by Crippen LogP contribution is -2.52. The number of nitrogens with zero attached hydrogens (tertiary/aromatic N) is 4. The van der Waals surface area contributed by atoms with Crippen molar-refractivity contribution in [3.05, 3.63) is 47.8 Å². The van der Waals surface area contributed by atoms with Gasteiger partial charge in [-0.1, -0.05) is 44.7 Å². The lowest BCUT2D eigenvalue weighted by molar-refractivity contribution is -0.139. The zero-order valence-electron chi connectivity index (χ0n) is 22.7. The van der Waals surface area contributed by atoms with Crippen molar-refractivity contribution in [1.29, 1.82) is 0 Å². The van der Waals surface area contributed by atoms with Crippen LogP contribution in [0.5, 0.6) is 5.75 Å². The van der Waals surface area contributed by atoms with E-state index >= 15 is 0 Å². The fourth-order valence-electron chi connectivity index (χ4n) is 5.65. The molecule has 1 aromatic heterocycles. The fraction of sp³-hybridized carbons (Fsp3) is 0.621. The van der Waals surface area contributed by atoms with E-state index in [1.165, 1.54) is 0 Å². The molecular formula is C29H39F3N4O3. The Balaban J connectivity index is 1.61. The summed E-state index contributed by atoms with van der Waals surface area (Å²) in [6, 6.07) is 7.07. The van der Waals surface area contributed by atoms with Crippen LogP contribution in [0.3, 0.4) is 0 Å². The molecule has 1 saturated carbocycles. The van der Waals surface area contributed by atoms with Crippen LogP contribution in [0.4, 0.5) is 13.2 Å². The van der Waals surface area contributed by atoms with Gasteiger partial charge in [-0.15, -0.1) is 0 Å². The van der Waals surface area contributed by atoms with Crippen molar-refractivity contribution in [1.82, 2.24) is 19.6 Å². The topological polar surface area (TPSA) is 67.7 Å². The van der Waals surface area contributed by atoms with Crippen molar-refractivity contribution in [3.8, 4) is 5.75 Å². The Labute approximate surface area is 228 Å². The number of hydrogen-bond acceptors (Lipinski definition) is 4. The molecule has 1 aliphatic carbocycles. The summed E-state index contributed by atoms with van der Waals surface area (Å²) in [6.07, 6.45) is 5.64. The molecule has 1 aromatic carbocycles. The summed E-state index contributed by atoms with van der Waals surface area (Å²) in [5, 5.41) is 3.79. The molecule has 1 fully saturated rings. The van der Waals surface area contributed by atoms with Crippen molar-refractivity contribution < 1.29 is 27.5 Å². The number of fused-ring (bicyclic) bond motifs is 2. The molecule has 2 heterocycles. The van der Waals surface area contributed by atoms with Gasteiger partial charge in [0.2, 0.25) is 5.91 Å². The zero-order valence-corrected chi connectivity index (χ0v) is 22.7. The van der Waals surface area contributed by atoms with E-state index < -0.39 is 11.7 Å². The average molecular weight is 549 g/mol. The quantitative estimate of drug-likeness (QED) is 0.475. The Hall–Kier alpha value is -3.04. The number of carbonyl (C=O) groups excluding carboxylic acids is 2. The minimum absolute atomic E-state index is 0.0400. The molecule has 0 spiro atoms. The molecule has 7 nitrogen and oxygen atoms in total. The number of halogens is 3. The first-order chi connectivity index (χ1) is 18.8. The maximum Gasteiger partial charge on any atom is 0.419 e. The van der Waals surface area contributed by atoms with Crippen LogP contribution in [0, 0.1) is 0 Å². The van der Waals surface area contributed by atoms with Crippen LogP contribution in [0.25, 0.3) is 0 Å². The van der Waals surface area contributed by atoms with E-state index in [4.69, 9.17) is 4.74 Å². The second kappa shape index (κ2) is 13.3. The van der Waals surface area contributed by atoms with Crippen LogP contribution in [0.2, 0.25) is 0 Å². The first-order valence-electron chi connectivity index (χ1n) is 14.2. The van der Waals surface area contributed by atoms with Crippen LogP contribution in [0.15, 0.2) is 36.7 Å². The minimum Gasteiger partial charge on any atom is -0.487 e. The van der Waals surface area contributed by atoms with E-state index in [1.54, 1.807) is 11.0 Å². The minimum atomic E-state index is -4.51. The van der Waals surface area contributed by atoms with Crippen LogP contribution >= 0.6 is 0 Å². The van der Waals surface area contributed by atoms with Crippen LogP contribution in [-0.2, 0) is 17.5 Å². The molecule has 4 rings (SSSR count). The number of para-hydroxylation sites is 1. The first-order valence-corrected chi connectivity index (χ1v) is 14.2. The number of aromatic nitrogens is 2. The molecule has 2 aromatic rings. The number of amides is 2. The lowest BCUT2D eigenvalue weighted by Gasteiger charge is -2.40. The Morgan fingerprint density at radius 1 is 1.03 bits per heavy atom. The molecule has 1 aliphatic heterocycles. The van der Waals surface area contributed by atoms with Crippen LogP contribution < -0.4 is 4.74 Å². The molecule has 2 amide bonds. The Kier molecular flexibility index (Phi) is 9.91. The summed E-state index contributed by atoms with van der Waals surface area (Å²) in [5.41, 5.74) is -0.344. The number of alkyl halides is 3. The Morgan fingerprint density at radius 3 is 2.49 bits per heavy atom. The molecular weight excluding hydrogens is 509 g/mol. The van der Waals surface area contributed by atoms with E-state index in [0.717, 1.165) is 81.3 Å². The molecule has 2 atom stereocenters. The summed E-state index contributed by atoms with van der Waals surface area (Å²) in [4.78, 5) is 30.8. The monoisotopic (exact) mass is 548 g/mol. The Morgan fingerprint density at radius 2 is 1.74 bits per heavy atom. The van der Waals surface area contributed by atoms with Crippen molar-refractivity contribution in [2.24, 2.45) is 0 Å². The standard InChI is InChI=1S/C29H39F3N4O3/c1-2-16-34-17-10-4-3-5-11-18-36(27(37)21-35-20-22(19-33-35)29(30,31)32)24-13-7-9-15-26(24)39-25-14-8-6-12-23(25)28(34)38/h6,8,12,14,19-20,24,26H,2-5,7,9-11,13,15-18,21H2,1H3/t24-,26+/m1/s1. The summed E-state index contributed by atoms with van der Waals surface area (Å²) < 4.78 is 46.9. The van der Waals surface area contributed by atoms with Crippen molar-refractivity contribution in [2.75, 3.05) is 19.6 Å². The van der Waals surface area contributed by atoms with E-state index in [0.29, 0.717) is 30.9 Å². The van der Waals surface area contributed by atoms with Gasteiger partial charge >= 0.3 is 6.18 Å². The van der Waals surface area contributed by atoms with Gasteiger partial charge in [0.05, 0.1) is 23.4 Å². The van der Waals surface area contributed by atoms with Gasteiger partial charge in [0, 0.05) is 25.8 Å². The van der Waals surface area contributed by atoms with Gasteiger partial charge < -0.3 is 14.5 Å². The van der Waals surface area contributed by atoms with Crippen molar-refractivity contribution in [2.45, 2.75) is 96.0 Å². The number of benzene rings is 1. The van der Waals surface area contributed by atoms with E-state index in [9.17, 15) is 22.8 Å². The molecule has 0 bridgehead atoms. The highest BCUT2D eigenvalue weighted by molar-refractivity contribution is 5.97. The smallest absolute Gasteiger partial charge is 0.419 e. The van der Waals surface area contributed by atoms with E-state index in [2.05, 4.69) is 12.0 Å². The highest BCUT2D eigenvalue weighted by Gasteiger charge is 2.36. The molecule has 0 unspecified atom stereocenters. The van der Waals surface area contributed by atoms with Gasteiger partial charge in [-0.25, -0.2) is 0 Å². The molecule has 10 heteroatoms. The SMILES string of the molecule is CCCN1CCCCCCCN(C(=O)Cn2cc(C(F)(F)F)cn2)[C@@H]2CCCC[C@@H]2Oc2ccccc2C1=O. The predicted octanol–water partition coefficient (Wildman–Crippen LogP) is 5.94.